The van der Waals surface area contributed by atoms with Crippen molar-refractivity contribution in [1.82, 2.24) is 4.31 Å². The Labute approximate surface area is 116 Å². The largest absolute Gasteiger partial charge is 0.478 e. The second kappa shape index (κ2) is 4.65. The fraction of sp³-hybridized carbons (Fsp3) is 0.231. The van der Waals surface area contributed by atoms with Crippen LogP contribution in [0.1, 0.15) is 34.1 Å². The second-order valence-electron chi connectivity index (χ2n) is 4.21. The van der Waals surface area contributed by atoms with Gasteiger partial charge in [-0.15, -0.1) is 6.42 Å². The fourth-order valence-electron chi connectivity index (χ4n) is 2.04. The van der Waals surface area contributed by atoms with Crippen molar-refractivity contribution in [3.63, 3.8) is 0 Å². The van der Waals surface area contributed by atoms with E-state index in [1.807, 2.05) is 0 Å². The summed E-state index contributed by atoms with van der Waals surface area (Å²) in [5.74, 6) is 0.275. The van der Waals surface area contributed by atoms with Crippen LogP contribution in [0.15, 0.2) is 23.1 Å². The number of aromatic carboxylic acids is 1. The maximum atomic E-state index is 12.3. The Bertz CT molecular complexity index is 745. The first-order valence-electron chi connectivity index (χ1n) is 5.76. The van der Waals surface area contributed by atoms with Gasteiger partial charge >= 0.3 is 5.97 Å². The van der Waals surface area contributed by atoms with E-state index in [0.29, 0.717) is 4.31 Å². The number of carbonyl (C=O) groups excluding carboxylic acids is 1. The molecule has 6 nitrogen and oxygen atoms in total. The van der Waals surface area contributed by atoms with Crippen LogP contribution in [0.25, 0.3) is 0 Å². The molecule has 1 heterocycles. The van der Waals surface area contributed by atoms with Crippen molar-refractivity contribution in [2.75, 3.05) is 0 Å². The van der Waals surface area contributed by atoms with E-state index < -0.39 is 27.9 Å². The molecule has 1 aliphatic heterocycles. The molecule has 0 saturated carbocycles. The van der Waals surface area contributed by atoms with Gasteiger partial charge in [0, 0.05) is 0 Å². The topological polar surface area (TPSA) is 91.8 Å². The second-order valence-corrected chi connectivity index (χ2v) is 6.00. The summed E-state index contributed by atoms with van der Waals surface area (Å²) < 4.78 is 25.3. The number of amides is 1. The number of carboxylic acid groups (broad SMARTS) is 1. The van der Waals surface area contributed by atoms with Crippen LogP contribution in [0.5, 0.6) is 0 Å². The number of sulfonamides is 1. The van der Waals surface area contributed by atoms with Crippen molar-refractivity contribution >= 4 is 21.9 Å². The van der Waals surface area contributed by atoms with Gasteiger partial charge < -0.3 is 5.11 Å². The third kappa shape index (κ3) is 1.85. The van der Waals surface area contributed by atoms with Crippen molar-refractivity contribution in [2.24, 2.45) is 0 Å². The molecule has 104 valence electrons. The molecule has 0 radical (unpaired) electrons. The summed E-state index contributed by atoms with van der Waals surface area (Å²) in [6, 6.07) is 2.48. The van der Waals surface area contributed by atoms with Gasteiger partial charge in [-0.3, -0.25) is 4.79 Å². The number of terminal acetylenes is 1. The summed E-state index contributed by atoms with van der Waals surface area (Å²) in [7, 11) is -4.10. The van der Waals surface area contributed by atoms with E-state index in [4.69, 9.17) is 11.5 Å². The van der Waals surface area contributed by atoms with Crippen LogP contribution in [-0.4, -0.2) is 35.7 Å². The molecule has 1 atom stereocenters. The molecule has 1 aliphatic rings. The minimum atomic E-state index is -4.10. The quantitative estimate of drug-likeness (QED) is 0.837. The van der Waals surface area contributed by atoms with Gasteiger partial charge in [0.2, 0.25) is 0 Å². The highest BCUT2D eigenvalue weighted by atomic mass is 32.2. The third-order valence-electron chi connectivity index (χ3n) is 3.06. The molecule has 0 saturated heterocycles. The predicted octanol–water partition coefficient (Wildman–Crippen LogP) is 0.941. The number of carbonyl (C=O) groups is 2. The molecular formula is C13H11NO5S. The standard InChI is InChI=1S/C13H11NO5S/c1-3-9(4-2)14-12(15)10-6-5-8(13(16)17)7-11(10)20(14,18)19/h1,5-7,9H,4H2,2H3,(H,16,17). The van der Waals surface area contributed by atoms with E-state index in [2.05, 4.69) is 5.92 Å². The molecule has 0 aliphatic carbocycles. The Balaban J connectivity index is 2.66. The minimum Gasteiger partial charge on any atom is -0.478 e. The molecule has 1 amide bonds. The van der Waals surface area contributed by atoms with Gasteiger partial charge in [0.05, 0.1) is 11.1 Å². The van der Waals surface area contributed by atoms with Crippen molar-refractivity contribution in [2.45, 2.75) is 24.3 Å². The van der Waals surface area contributed by atoms with Gasteiger partial charge in [-0.1, -0.05) is 12.8 Å². The smallest absolute Gasteiger partial charge is 0.335 e. The zero-order valence-electron chi connectivity index (χ0n) is 10.5. The molecule has 0 fully saturated rings. The van der Waals surface area contributed by atoms with E-state index in [9.17, 15) is 18.0 Å². The van der Waals surface area contributed by atoms with Gasteiger partial charge in [-0.2, -0.15) is 0 Å². The Morgan fingerprint density at radius 2 is 2.15 bits per heavy atom. The van der Waals surface area contributed by atoms with E-state index in [1.54, 1.807) is 6.92 Å². The average molecular weight is 293 g/mol. The first-order valence-corrected chi connectivity index (χ1v) is 7.20. The van der Waals surface area contributed by atoms with Crippen LogP contribution >= 0.6 is 0 Å². The lowest BCUT2D eigenvalue weighted by Crippen LogP contribution is -2.38. The molecule has 2 rings (SSSR count). The van der Waals surface area contributed by atoms with Crippen molar-refractivity contribution in [1.29, 1.82) is 0 Å². The number of fused-ring (bicyclic) bond motifs is 1. The molecule has 20 heavy (non-hydrogen) atoms. The molecule has 1 unspecified atom stereocenters. The average Bonchev–Trinajstić information content (AvgIpc) is 2.61. The zero-order valence-corrected chi connectivity index (χ0v) is 11.3. The molecule has 7 heteroatoms. The van der Waals surface area contributed by atoms with Crippen molar-refractivity contribution < 1.29 is 23.1 Å². The van der Waals surface area contributed by atoms with E-state index >= 15 is 0 Å². The molecule has 0 spiro atoms. The van der Waals surface area contributed by atoms with Gasteiger partial charge in [0.15, 0.2) is 0 Å². The number of rotatable bonds is 3. The lowest BCUT2D eigenvalue weighted by molar-refractivity contribution is 0.0695. The minimum absolute atomic E-state index is 0.0521. The maximum Gasteiger partial charge on any atom is 0.335 e. The van der Waals surface area contributed by atoms with Gasteiger partial charge in [-0.25, -0.2) is 17.5 Å². The van der Waals surface area contributed by atoms with Crippen LogP contribution in [0.4, 0.5) is 0 Å². The Kier molecular flexibility index (Phi) is 3.28. The normalized spacial score (nSPS) is 17.4. The highest BCUT2D eigenvalue weighted by Crippen LogP contribution is 2.33. The lowest BCUT2D eigenvalue weighted by atomic mass is 10.1. The van der Waals surface area contributed by atoms with Crippen LogP contribution in [0.2, 0.25) is 0 Å². The maximum absolute atomic E-state index is 12.3. The highest BCUT2D eigenvalue weighted by Gasteiger charge is 2.44. The van der Waals surface area contributed by atoms with Gasteiger partial charge in [-0.05, 0) is 24.6 Å². The zero-order chi connectivity index (χ0) is 15.1. The van der Waals surface area contributed by atoms with Crippen LogP contribution < -0.4 is 0 Å². The Morgan fingerprint density at radius 1 is 1.50 bits per heavy atom. The van der Waals surface area contributed by atoms with Crippen LogP contribution in [0.3, 0.4) is 0 Å². The van der Waals surface area contributed by atoms with E-state index in [1.165, 1.54) is 12.1 Å². The summed E-state index contributed by atoms with van der Waals surface area (Å²) in [6.07, 6.45) is 5.54. The van der Waals surface area contributed by atoms with Crippen LogP contribution in [-0.2, 0) is 10.0 Å². The van der Waals surface area contributed by atoms with Gasteiger partial charge in [0.1, 0.15) is 10.9 Å². The molecular weight excluding hydrogens is 282 g/mol. The molecule has 0 aromatic heterocycles. The van der Waals surface area contributed by atoms with Gasteiger partial charge in [0.25, 0.3) is 15.9 Å². The number of hydrogen-bond acceptors (Lipinski definition) is 4. The first-order chi connectivity index (χ1) is 9.34. The SMILES string of the molecule is C#CC(CC)N1C(=O)c2ccc(C(=O)O)cc2S1(=O)=O. The predicted molar refractivity (Wildman–Crippen MR) is 69.7 cm³/mol. The molecule has 1 N–H and O–H groups in total. The summed E-state index contributed by atoms with van der Waals surface area (Å²) in [5.41, 5.74) is -0.251. The first kappa shape index (κ1) is 14.1. The molecule has 1 aromatic rings. The lowest BCUT2D eigenvalue weighted by Gasteiger charge is -2.20. The highest BCUT2D eigenvalue weighted by molar-refractivity contribution is 7.90. The summed E-state index contributed by atoms with van der Waals surface area (Å²) in [6.45, 7) is 1.67. The number of nitrogens with zero attached hydrogens (tertiary/aromatic N) is 1. The summed E-state index contributed by atoms with van der Waals surface area (Å²) >= 11 is 0. The Hall–Kier alpha value is -2.33. The summed E-state index contributed by atoms with van der Waals surface area (Å²) in [4.78, 5) is 22.7. The van der Waals surface area contributed by atoms with Crippen LogP contribution in [0, 0.1) is 12.3 Å². The fourth-order valence-corrected chi connectivity index (χ4v) is 3.82. The molecule has 1 aromatic carbocycles. The van der Waals surface area contributed by atoms with E-state index in [0.717, 1.165) is 6.07 Å². The number of benzene rings is 1. The monoisotopic (exact) mass is 293 g/mol. The third-order valence-corrected chi connectivity index (χ3v) is 4.89. The van der Waals surface area contributed by atoms with E-state index in [-0.39, 0.29) is 22.4 Å². The number of hydrogen-bond donors (Lipinski definition) is 1. The Morgan fingerprint density at radius 3 is 2.65 bits per heavy atom. The number of carboxylic acids is 1. The van der Waals surface area contributed by atoms with Crippen molar-refractivity contribution in [3.8, 4) is 12.3 Å². The molecule has 0 bridgehead atoms. The van der Waals surface area contributed by atoms with Crippen molar-refractivity contribution in [3.05, 3.63) is 29.3 Å². The summed E-state index contributed by atoms with van der Waals surface area (Å²) in [5, 5.41) is 8.89.